The fraction of sp³-hybridized carbons (Fsp3) is 0.889. The Hall–Kier alpha value is -0.240. The van der Waals surface area contributed by atoms with Gasteiger partial charge in [0.15, 0.2) is 0 Å². The zero-order valence-electron chi connectivity index (χ0n) is 10.1. The third-order valence-corrected chi connectivity index (χ3v) is 3.47. The topological polar surface area (TPSA) is 75.4 Å². The number of nitrogens with two attached hydrogens (primary N) is 1. The zero-order chi connectivity index (χ0) is 12.8. The van der Waals surface area contributed by atoms with Crippen molar-refractivity contribution in [3.63, 3.8) is 0 Å². The smallest absolute Gasteiger partial charge is 0.279 e. The standard InChI is InChI=1S/C9H21N3O2S2/c1-4-5-12(7-9(10)15)16(13,14)11-6-8(2)3/h8,11H,4-7H2,1-3H3,(H2,10,15). The first-order chi connectivity index (χ1) is 7.29. The molecule has 0 heterocycles. The van der Waals surface area contributed by atoms with Crippen LogP contribution in [0.15, 0.2) is 0 Å². The Bertz CT molecular complexity index is 315. The minimum absolute atomic E-state index is 0.0939. The number of nitrogens with zero attached hydrogens (tertiary/aromatic N) is 1. The quantitative estimate of drug-likeness (QED) is 0.627. The molecule has 0 aromatic rings. The Morgan fingerprint density at radius 2 is 2.06 bits per heavy atom. The summed E-state index contributed by atoms with van der Waals surface area (Å²) in [5, 5.41) is 0. The van der Waals surface area contributed by atoms with Crippen molar-refractivity contribution in [2.45, 2.75) is 27.2 Å². The largest absolute Gasteiger partial charge is 0.392 e. The van der Waals surface area contributed by atoms with Crippen molar-refractivity contribution in [1.82, 2.24) is 9.03 Å². The van der Waals surface area contributed by atoms with E-state index in [4.69, 9.17) is 18.0 Å². The summed E-state index contributed by atoms with van der Waals surface area (Å²) in [7, 11) is -3.46. The average Bonchev–Trinajstić information content (AvgIpc) is 2.14. The molecule has 0 spiro atoms. The molecule has 3 N–H and O–H groups in total. The second kappa shape index (κ2) is 7.16. The lowest BCUT2D eigenvalue weighted by Crippen LogP contribution is -2.45. The molecular weight excluding hydrogens is 246 g/mol. The van der Waals surface area contributed by atoms with E-state index in [9.17, 15) is 8.42 Å². The van der Waals surface area contributed by atoms with Crippen molar-refractivity contribution in [2.75, 3.05) is 19.6 Å². The minimum Gasteiger partial charge on any atom is -0.392 e. The van der Waals surface area contributed by atoms with E-state index in [0.29, 0.717) is 13.1 Å². The first-order valence-electron chi connectivity index (χ1n) is 5.32. The van der Waals surface area contributed by atoms with Crippen LogP contribution in [0.5, 0.6) is 0 Å². The highest BCUT2D eigenvalue weighted by atomic mass is 32.2. The summed E-state index contributed by atoms with van der Waals surface area (Å²) in [5.41, 5.74) is 5.37. The van der Waals surface area contributed by atoms with Crippen molar-refractivity contribution in [1.29, 1.82) is 0 Å². The van der Waals surface area contributed by atoms with E-state index in [1.165, 1.54) is 4.31 Å². The third-order valence-electron chi connectivity index (χ3n) is 1.82. The normalized spacial score (nSPS) is 12.3. The maximum Gasteiger partial charge on any atom is 0.279 e. The Morgan fingerprint density at radius 3 is 2.44 bits per heavy atom. The molecule has 0 aliphatic rings. The highest BCUT2D eigenvalue weighted by Crippen LogP contribution is 2.01. The monoisotopic (exact) mass is 267 g/mol. The number of hydrogen-bond donors (Lipinski definition) is 2. The van der Waals surface area contributed by atoms with Gasteiger partial charge in [0.1, 0.15) is 0 Å². The Kier molecular flexibility index (Phi) is 7.05. The van der Waals surface area contributed by atoms with Gasteiger partial charge in [0, 0.05) is 13.1 Å². The van der Waals surface area contributed by atoms with Gasteiger partial charge in [-0.3, -0.25) is 0 Å². The predicted octanol–water partition coefficient (Wildman–Crippen LogP) is 0.475. The van der Waals surface area contributed by atoms with E-state index in [1.54, 1.807) is 0 Å². The summed E-state index contributed by atoms with van der Waals surface area (Å²) in [6.07, 6.45) is 0.727. The molecular formula is C9H21N3O2S2. The molecule has 0 aromatic carbocycles. The van der Waals surface area contributed by atoms with Crippen LogP contribution in [0.4, 0.5) is 0 Å². The van der Waals surface area contributed by atoms with Crippen LogP contribution in [0.2, 0.25) is 0 Å². The Labute approximate surface area is 104 Å². The van der Waals surface area contributed by atoms with Gasteiger partial charge >= 0.3 is 0 Å². The molecule has 0 radical (unpaired) electrons. The van der Waals surface area contributed by atoms with Gasteiger partial charge in [-0.2, -0.15) is 12.7 Å². The van der Waals surface area contributed by atoms with Crippen LogP contribution in [0, 0.1) is 5.92 Å². The van der Waals surface area contributed by atoms with E-state index in [2.05, 4.69) is 4.72 Å². The van der Waals surface area contributed by atoms with Gasteiger partial charge in [-0.05, 0) is 12.3 Å². The van der Waals surface area contributed by atoms with Gasteiger partial charge in [-0.25, -0.2) is 4.72 Å². The van der Waals surface area contributed by atoms with E-state index in [1.807, 2.05) is 20.8 Å². The molecule has 0 saturated heterocycles. The molecule has 0 rings (SSSR count). The highest BCUT2D eigenvalue weighted by molar-refractivity contribution is 7.87. The van der Waals surface area contributed by atoms with Gasteiger partial charge in [0.05, 0.1) is 11.5 Å². The maximum absolute atomic E-state index is 11.9. The zero-order valence-corrected chi connectivity index (χ0v) is 11.7. The SMILES string of the molecule is CCCN(CC(N)=S)S(=O)(=O)NCC(C)C. The lowest BCUT2D eigenvalue weighted by molar-refractivity contribution is 0.434. The average molecular weight is 267 g/mol. The van der Waals surface area contributed by atoms with Crippen molar-refractivity contribution in [3.8, 4) is 0 Å². The lowest BCUT2D eigenvalue weighted by atomic mass is 10.2. The summed E-state index contributed by atoms with van der Waals surface area (Å²) in [6.45, 7) is 6.73. The van der Waals surface area contributed by atoms with Gasteiger partial charge in [0.2, 0.25) is 0 Å². The summed E-state index contributed by atoms with van der Waals surface area (Å²) >= 11 is 4.73. The van der Waals surface area contributed by atoms with Crippen molar-refractivity contribution in [3.05, 3.63) is 0 Å². The molecule has 0 saturated carbocycles. The number of rotatable bonds is 8. The van der Waals surface area contributed by atoms with Crippen LogP contribution in [-0.2, 0) is 10.2 Å². The van der Waals surface area contributed by atoms with Crippen LogP contribution in [0.3, 0.4) is 0 Å². The molecule has 0 amide bonds. The van der Waals surface area contributed by atoms with Crippen LogP contribution in [0.1, 0.15) is 27.2 Å². The van der Waals surface area contributed by atoms with Crippen LogP contribution < -0.4 is 10.5 Å². The number of thiocarbonyl (C=S) groups is 1. The molecule has 0 unspecified atom stereocenters. The predicted molar refractivity (Wildman–Crippen MR) is 70.4 cm³/mol. The van der Waals surface area contributed by atoms with Gasteiger partial charge in [-0.15, -0.1) is 0 Å². The van der Waals surface area contributed by atoms with Gasteiger partial charge in [0.25, 0.3) is 10.2 Å². The molecule has 0 bridgehead atoms. The first-order valence-corrected chi connectivity index (χ1v) is 7.17. The molecule has 0 aliphatic heterocycles. The summed E-state index contributed by atoms with van der Waals surface area (Å²) in [6, 6.07) is 0. The summed E-state index contributed by atoms with van der Waals surface area (Å²) in [5.74, 6) is 0.267. The van der Waals surface area contributed by atoms with E-state index >= 15 is 0 Å². The first kappa shape index (κ1) is 15.8. The fourth-order valence-corrected chi connectivity index (χ4v) is 2.77. The van der Waals surface area contributed by atoms with Gasteiger partial charge in [-0.1, -0.05) is 33.0 Å². The van der Waals surface area contributed by atoms with Gasteiger partial charge < -0.3 is 5.73 Å². The van der Waals surface area contributed by atoms with E-state index in [0.717, 1.165) is 6.42 Å². The molecule has 0 atom stereocenters. The van der Waals surface area contributed by atoms with Crippen molar-refractivity contribution < 1.29 is 8.42 Å². The molecule has 0 fully saturated rings. The van der Waals surface area contributed by atoms with E-state index < -0.39 is 10.2 Å². The molecule has 96 valence electrons. The minimum atomic E-state index is -3.46. The Morgan fingerprint density at radius 1 is 1.50 bits per heavy atom. The third kappa shape index (κ3) is 6.37. The second-order valence-electron chi connectivity index (χ2n) is 4.05. The fourth-order valence-electron chi connectivity index (χ4n) is 1.07. The number of nitrogens with one attached hydrogen (secondary N) is 1. The molecule has 5 nitrogen and oxygen atoms in total. The molecule has 0 aromatic heterocycles. The second-order valence-corrected chi connectivity index (χ2v) is 6.33. The summed E-state index contributed by atoms with van der Waals surface area (Å²) in [4.78, 5) is 0.184. The highest BCUT2D eigenvalue weighted by Gasteiger charge is 2.21. The molecule has 16 heavy (non-hydrogen) atoms. The maximum atomic E-state index is 11.9. The van der Waals surface area contributed by atoms with E-state index in [-0.39, 0.29) is 17.5 Å². The molecule has 7 heteroatoms. The lowest BCUT2D eigenvalue weighted by Gasteiger charge is -2.21. The van der Waals surface area contributed by atoms with Crippen molar-refractivity contribution >= 4 is 27.4 Å². The van der Waals surface area contributed by atoms with Crippen LogP contribution in [0.25, 0.3) is 0 Å². The van der Waals surface area contributed by atoms with Crippen LogP contribution in [-0.4, -0.2) is 37.3 Å². The summed E-state index contributed by atoms with van der Waals surface area (Å²) < 4.78 is 27.5. The van der Waals surface area contributed by atoms with Crippen molar-refractivity contribution in [2.24, 2.45) is 11.7 Å². The van der Waals surface area contributed by atoms with Crippen LogP contribution >= 0.6 is 12.2 Å². The number of hydrogen-bond acceptors (Lipinski definition) is 3. The Balaban J connectivity index is 4.55. The molecule has 0 aliphatic carbocycles.